The predicted molar refractivity (Wildman–Crippen MR) is 28.2 cm³/mol. The Morgan fingerprint density at radius 2 is 2.83 bits per heavy atom. The summed E-state index contributed by atoms with van der Waals surface area (Å²) in [6, 6.07) is 0. The Morgan fingerprint density at radius 1 is 2.00 bits per heavy atom. The Balaban J connectivity index is 3.05. The summed E-state index contributed by atoms with van der Waals surface area (Å²) in [5, 5.41) is 2.57. The summed E-state index contributed by atoms with van der Waals surface area (Å²) in [5.41, 5.74) is 2.64. The molecule has 3 heteroatoms. The fraction of sp³-hybridized carbons (Fsp3) is 0. The van der Waals surface area contributed by atoms with E-state index >= 15 is 0 Å². The summed E-state index contributed by atoms with van der Waals surface area (Å²) < 4.78 is 0. The Labute approximate surface area is 45.4 Å². The van der Waals surface area contributed by atoms with E-state index in [1.165, 1.54) is 11.3 Å². The molecule has 1 aromatic heterocycles. The second kappa shape index (κ2) is 1.62. The third-order valence-corrected chi connectivity index (χ3v) is 1.32. The third-order valence-electron chi connectivity index (χ3n) is 0.377. The van der Waals surface area contributed by atoms with Crippen LogP contribution in [0.2, 0.25) is 0 Å². The van der Waals surface area contributed by atoms with Gasteiger partial charge in [0.1, 0.15) is 5.03 Å². The zero-order valence-electron chi connectivity index (χ0n) is 2.88. The second-order valence-corrected chi connectivity index (χ2v) is 1.91. The molecule has 1 rings (SSSR count). The lowest BCUT2D eigenvalue weighted by Gasteiger charge is -1.63. The molecule has 31 valence electrons. The molecule has 1 heterocycles. The topological polar surface area (TPSA) is 12.9 Å². The summed E-state index contributed by atoms with van der Waals surface area (Å²) in [5.74, 6) is 0. The van der Waals surface area contributed by atoms with Crippen LogP contribution in [0.15, 0.2) is 10.4 Å². The van der Waals surface area contributed by atoms with Crippen LogP contribution in [0.4, 0.5) is 0 Å². The molecular weight excluding hydrogens is 114 g/mol. The minimum atomic E-state index is 0.750. The number of thiazole rings is 1. The molecule has 0 saturated carbocycles. The van der Waals surface area contributed by atoms with Gasteiger partial charge in [0, 0.05) is 5.38 Å². The first-order valence-corrected chi connectivity index (χ1v) is 2.73. The van der Waals surface area contributed by atoms with E-state index in [-0.39, 0.29) is 0 Å². The molecule has 0 aliphatic rings. The van der Waals surface area contributed by atoms with Crippen molar-refractivity contribution in [3.05, 3.63) is 10.9 Å². The lowest BCUT2D eigenvalue weighted by atomic mass is 11.0. The third kappa shape index (κ3) is 0.725. The minimum Gasteiger partial charge on any atom is -0.227 e. The van der Waals surface area contributed by atoms with E-state index in [0.29, 0.717) is 0 Å². The van der Waals surface area contributed by atoms with E-state index in [1.54, 1.807) is 0 Å². The first kappa shape index (κ1) is 4.15. The predicted octanol–water partition coefficient (Wildman–Crippen LogP) is 1.23. The minimum absolute atomic E-state index is 0.750. The molecule has 0 saturated heterocycles. The summed E-state index contributed by atoms with van der Waals surface area (Å²) in [7, 11) is 0. The van der Waals surface area contributed by atoms with Gasteiger partial charge in [-0.1, -0.05) is 0 Å². The van der Waals surface area contributed by atoms with Gasteiger partial charge in [-0.25, -0.2) is 4.98 Å². The molecule has 6 heavy (non-hydrogen) atoms. The highest BCUT2D eigenvalue weighted by Crippen LogP contribution is 2.02. The molecule has 0 bridgehead atoms. The monoisotopic (exact) mass is 116 g/mol. The van der Waals surface area contributed by atoms with Crippen molar-refractivity contribution >= 4 is 24.0 Å². The van der Waals surface area contributed by atoms with Crippen molar-refractivity contribution in [1.82, 2.24) is 4.98 Å². The number of aromatic nitrogens is 1. The van der Waals surface area contributed by atoms with Crippen LogP contribution < -0.4 is 0 Å². The zero-order chi connectivity index (χ0) is 4.41. The molecule has 0 aliphatic carbocycles. The van der Waals surface area contributed by atoms with Gasteiger partial charge in [0.25, 0.3) is 0 Å². The largest absolute Gasteiger partial charge is 0.227 e. The molecule has 0 unspecified atom stereocenters. The molecule has 0 spiro atoms. The SMILES string of the molecule is Sc1cs[c]n1. The number of hydrogen-bond acceptors (Lipinski definition) is 3. The van der Waals surface area contributed by atoms with E-state index in [0.717, 1.165) is 5.03 Å². The molecule has 0 aromatic carbocycles. The van der Waals surface area contributed by atoms with Crippen molar-refractivity contribution in [2.24, 2.45) is 0 Å². The fourth-order valence-electron chi connectivity index (χ4n) is 0.179. The average Bonchev–Trinajstić information content (AvgIpc) is 1.86. The Hall–Kier alpha value is -0.0200. The van der Waals surface area contributed by atoms with Crippen molar-refractivity contribution in [1.29, 1.82) is 0 Å². The summed E-state index contributed by atoms with van der Waals surface area (Å²) in [6.45, 7) is 0. The van der Waals surface area contributed by atoms with Crippen LogP contribution in [0.1, 0.15) is 0 Å². The number of hydrogen-bond donors (Lipinski definition) is 1. The van der Waals surface area contributed by atoms with E-state index in [4.69, 9.17) is 0 Å². The maximum atomic E-state index is 3.90. The van der Waals surface area contributed by atoms with Crippen molar-refractivity contribution in [2.75, 3.05) is 0 Å². The Kier molecular flexibility index (Phi) is 1.12. The zero-order valence-corrected chi connectivity index (χ0v) is 4.59. The van der Waals surface area contributed by atoms with Crippen LogP contribution in [-0.2, 0) is 0 Å². The first-order chi connectivity index (χ1) is 2.89. The highest BCUT2D eigenvalue weighted by atomic mass is 32.1. The van der Waals surface area contributed by atoms with Gasteiger partial charge in [0.05, 0.1) is 0 Å². The molecule has 0 amide bonds. The smallest absolute Gasteiger partial charge is 0.153 e. The van der Waals surface area contributed by atoms with Gasteiger partial charge < -0.3 is 0 Å². The number of thiol groups is 1. The van der Waals surface area contributed by atoms with E-state index < -0.39 is 0 Å². The first-order valence-electron chi connectivity index (χ1n) is 1.40. The highest BCUT2D eigenvalue weighted by molar-refractivity contribution is 7.80. The van der Waals surface area contributed by atoms with Crippen molar-refractivity contribution in [2.45, 2.75) is 5.03 Å². The van der Waals surface area contributed by atoms with Crippen LogP contribution in [0.25, 0.3) is 0 Å². The van der Waals surface area contributed by atoms with Gasteiger partial charge in [-0.3, -0.25) is 0 Å². The molecule has 1 radical (unpaired) electrons. The summed E-state index contributed by atoms with van der Waals surface area (Å²) in [6.07, 6.45) is 0. The highest BCUT2D eigenvalue weighted by Gasteiger charge is 1.78. The molecule has 0 fully saturated rings. The van der Waals surface area contributed by atoms with E-state index in [2.05, 4.69) is 23.1 Å². The van der Waals surface area contributed by atoms with Crippen molar-refractivity contribution < 1.29 is 0 Å². The normalized spacial score (nSPS) is 8.83. The van der Waals surface area contributed by atoms with E-state index in [9.17, 15) is 0 Å². The van der Waals surface area contributed by atoms with Gasteiger partial charge in [-0.2, -0.15) is 0 Å². The van der Waals surface area contributed by atoms with Crippen molar-refractivity contribution in [3.8, 4) is 0 Å². The standard InChI is InChI=1S/C3H2NS2/c5-3-1-6-2-4-3/h1,5H. The molecule has 1 nitrogen and oxygen atoms in total. The molecule has 0 N–H and O–H groups in total. The molecule has 1 aromatic rings. The fourth-order valence-corrected chi connectivity index (χ4v) is 0.816. The van der Waals surface area contributed by atoms with Gasteiger partial charge in [-0.15, -0.1) is 24.0 Å². The summed E-state index contributed by atoms with van der Waals surface area (Å²) in [4.78, 5) is 3.67. The van der Waals surface area contributed by atoms with Gasteiger partial charge in [0.2, 0.25) is 0 Å². The van der Waals surface area contributed by atoms with Crippen molar-refractivity contribution in [3.63, 3.8) is 0 Å². The Bertz CT molecular complexity index is 112. The van der Waals surface area contributed by atoms with Gasteiger partial charge in [-0.05, 0) is 0 Å². The summed E-state index contributed by atoms with van der Waals surface area (Å²) >= 11 is 5.33. The molecular formula is C3H2NS2. The second-order valence-electron chi connectivity index (χ2n) is 0.797. The number of nitrogens with zero attached hydrogens (tertiary/aromatic N) is 1. The molecule has 0 atom stereocenters. The maximum absolute atomic E-state index is 3.90. The lowest BCUT2D eigenvalue weighted by molar-refractivity contribution is 1.21. The van der Waals surface area contributed by atoms with Crippen LogP contribution in [0.3, 0.4) is 0 Å². The van der Waals surface area contributed by atoms with Crippen LogP contribution in [0, 0.1) is 5.51 Å². The van der Waals surface area contributed by atoms with Crippen LogP contribution >= 0.6 is 24.0 Å². The average molecular weight is 116 g/mol. The van der Waals surface area contributed by atoms with Gasteiger partial charge in [0.15, 0.2) is 5.51 Å². The van der Waals surface area contributed by atoms with Crippen LogP contribution in [-0.4, -0.2) is 4.98 Å². The van der Waals surface area contributed by atoms with E-state index in [1.807, 2.05) is 5.38 Å². The molecule has 0 aliphatic heterocycles. The maximum Gasteiger partial charge on any atom is 0.153 e. The van der Waals surface area contributed by atoms with Crippen LogP contribution in [0.5, 0.6) is 0 Å². The number of rotatable bonds is 0. The lowest BCUT2D eigenvalue weighted by Crippen LogP contribution is -1.52. The quantitative estimate of drug-likeness (QED) is 0.503. The Morgan fingerprint density at radius 3 is 3.00 bits per heavy atom. The van der Waals surface area contributed by atoms with Gasteiger partial charge >= 0.3 is 0 Å².